The molecule has 0 aromatic heterocycles. The van der Waals surface area contributed by atoms with Gasteiger partial charge in [-0.2, -0.15) is 0 Å². The Balaban J connectivity index is 2.88. The van der Waals surface area contributed by atoms with E-state index < -0.39 is 12.2 Å². The molecule has 1 aromatic carbocycles. The molecule has 92 valence electrons. The lowest BCUT2D eigenvalue weighted by atomic mass is 10.0. The van der Waals surface area contributed by atoms with Crippen molar-refractivity contribution in [3.63, 3.8) is 0 Å². The molecule has 0 saturated heterocycles. The van der Waals surface area contributed by atoms with Crippen molar-refractivity contribution in [3.05, 3.63) is 46.1 Å². The molecular weight excluding hydrogens is 248 g/mol. The minimum absolute atomic E-state index is 0.0972. The van der Waals surface area contributed by atoms with E-state index in [0.29, 0.717) is 5.02 Å². The first kappa shape index (κ1) is 13.6. The minimum atomic E-state index is -3.02. The molecule has 0 spiro atoms. The number of hydrogen-bond acceptors (Lipinski definition) is 2. The number of hydrogen-bond donors (Lipinski definition) is 1. The summed E-state index contributed by atoms with van der Waals surface area (Å²) in [6.07, 6.45) is -2.79. The lowest BCUT2D eigenvalue weighted by Crippen LogP contribution is -2.17. The quantitative estimate of drug-likeness (QED) is 0.845. The zero-order chi connectivity index (χ0) is 13.0. The van der Waals surface area contributed by atoms with Crippen molar-refractivity contribution in [1.82, 2.24) is 0 Å². The summed E-state index contributed by atoms with van der Waals surface area (Å²) in [6.45, 7) is 1.30. The average molecular weight is 260 g/mol. The van der Waals surface area contributed by atoms with E-state index >= 15 is 0 Å². The number of ketones is 1. The number of halogens is 3. The van der Waals surface area contributed by atoms with E-state index in [-0.39, 0.29) is 17.7 Å². The molecule has 2 nitrogen and oxygen atoms in total. The number of Topliss-reactive ketones (excluding diaryl/α,β-unsaturated/α-hetero) is 1. The Morgan fingerprint density at radius 3 is 2.65 bits per heavy atom. The van der Waals surface area contributed by atoms with Gasteiger partial charge in [0.2, 0.25) is 5.78 Å². The Bertz CT molecular complexity index is 458. The van der Waals surface area contributed by atoms with Crippen LogP contribution in [0.4, 0.5) is 8.78 Å². The lowest BCUT2D eigenvalue weighted by Gasteiger charge is -2.07. The zero-order valence-electron chi connectivity index (χ0n) is 9.21. The highest BCUT2D eigenvalue weighted by atomic mass is 35.5. The smallest absolute Gasteiger partial charge is 0.300 e. The normalized spacial score (nSPS) is 12.5. The van der Waals surface area contributed by atoms with Gasteiger partial charge in [-0.15, -0.1) is 0 Å². The lowest BCUT2D eigenvalue weighted by molar-refractivity contribution is -0.125. The Kier molecular flexibility index (Phi) is 4.63. The molecule has 0 fully saturated rings. The van der Waals surface area contributed by atoms with Gasteiger partial charge in [-0.3, -0.25) is 4.79 Å². The average Bonchev–Trinajstić information content (AvgIpc) is 2.26. The molecule has 1 rings (SSSR count). The summed E-state index contributed by atoms with van der Waals surface area (Å²) in [4.78, 5) is 11.0. The van der Waals surface area contributed by atoms with E-state index in [4.69, 9.17) is 17.3 Å². The van der Waals surface area contributed by atoms with Gasteiger partial charge in [0.25, 0.3) is 6.43 Å². The number of rotatable bonds is 4. The molecule has 0 radical (unpaired) electrons. The zero-order valence-corrected chi connectivity index (χ0v) is 9.97. The largest absolute Gasteiger partial charge is 0.401 e. The summed E-state index contributed by atoms with van der Waals surface area (Å²) < 4.78 is 24.4. The van der Waals surface area contributed by atoms with Crippen LogP contribution in [0.3, 0.4) is 0 Å². The summed E-state index contributed by atoms with van der Waals surface area (Å²) in [5.74, 6) is -1.23. The topological polar surface area (TPSA) is 43.1 Å². The molecule has 0 atom stereocenters. The van der Waals surface area contributed by atoms with Crippen LogP contribution in [0.15, 0.2) is 35.5 Å². The van der Waals surface area contributed by atoms with Gasteiger partial charge in [-0.25, -0.2) is 8.78 Å². The van der Waals surface area contributed by atoms with E-state index in [1.165, 1.54) is 6.92 Å². The first-order valence-electron chi connectivity index (χ1n) is 4.94. The number of alkyl halides is 2. The van der Waals surface area contributed by atoms with E-state index in [1.807, 2.05) is 0 Å². The molecule has 5 heteroatoms. The molecule has 0 aliphatic rings. The van der Waals surface area contributed by atoms with Gasteiger partial charge in [-0.1, -0.05) is 23.7 Å². The molecule has 0 bridgehead atoms. The van der Waals surface area contributed by atoms with Crippen LogP contribution in [0, 0.1) is 0 Å². The van der Waals surface area contributed by atoms with Crippen molar-refractivity contribution < 1.29 is 13.6 Å². The second-order valence-electron chi connectivity index (χ2n) is 3.62. The van der Waals surface area contributed by atoms with Crippen LogP contribution in [-0.2, 0) is 11.2 Å². The summed E-state index contributed by atoms with van der Waals surface area (Å²) in [6, 6.07) is 6.87. The third-order valence-corrected chi connectivity index (χ3v) is 2.57. The van der Waals surface area contributed by atoms with Crippen LogP contribution in [0.1, 0.15) is 12.5 Å². The maximum atomic E-state index is 12.2. The molecule has 0 aliphatic heterocycles. The summed E-state index contributed by atoms with van der Waals surface area (Å²) >= 11 is 5.78. The summed E-state index contributed by atoms with van der Waals surface area (Å²) in [5, 5.41) is 0.535. The van der Waals surface area contributed by atoms with Crippen LogP contribution < -0.4 is 5.73 Å². The Hall–Kier alpha value is -1.42. The van der Waals surface area contributed by atoms with Crippen molar-refractivity contribution in [2.24, 2.45) is 5.73 Å². The van der Waals surface area contributed by atoms with E-state index in [9.17, 15) is 13.6 Å². The van der Waals surface area contributed by atoms with E-state index in [1.54, 1.807) is 24.3 Å². The van der Waals surface area contributed by atoms with Crippen molar-refractivity contribution >= 4 is 17.4 Å². The molecule has 1 aromatic rings. The first-order chi connectivity index (χ1) is 7.91. The Morgan fingerprint density at radius 2 is 2.12 bits per heavy atom. The number of allylic oxidation sites excluding steroid dienone is 2. The predicted molar refractivity (Wildman–Crippen MR) is 63.1 cm³/mol. The standard InChI is InChI=1S/C12H12ClF2NO/c1-7(11(17)12(14)15)10(16)6-8-3-2-4-9(13)5-8/h2-5,12H,6,16H2,1H3. The third-order valence-electron chi connectivity index (χ3n) is 2.33. The van der Waals surface area contributed by atoms with Crippen molar-refractivity contribution in [2.75, 3.05) is 0 Å². The number of benzene rings is 1. The highest BCUT2D eigenvalue weighted by Gasteiger charge is 2.19. The second kappa shape index (κ2) is 5.77. The molecule has 0 saturated carbocycles. The van der Waals surface area contributed by atoms with Crippen LogP contribution in [0.25, 0.3) is 0 Å². The van der Waals surface area contributed by atoms with Gasteiger partial charge in [0, 0.05) is 22.7 Å². The number of carbonyl (C=O) groups excluding carboxylic acids is 1. The summed E-state index contributed by atoms with van der Waals surface area (Å²) in [5.41, 5.74) is 6.43. The minimum Gasteiger partial charge on any atom is -0.401 e. The first-order valence-corrected chi connectivity index (χ1v) is 5.31. The van der Waals surface area contributed by atoms with Gasteiger partial charge >= 0.3 is 0 Å². The maximum Gasteiger partial charge on any atom is 0.300 e. The molecule has 2 N–H and O–H groups in total. The van der Waals surface area contributed by atoms with Gasteiger partial charge in [0.1, 0.15) is 0 Å². The van der Waals surface area contributed by atoms with Crippen LogP contribution >= 0.6 is 11.6 Å². The van der Waals surface area contributed by atoms with Crippen molar-refractivity contribution in [2.45, 2.75) is 19.8 Å². The monoisotopic (exact) mass is 259 g/mol. The van der Waals surface area contributed by atoms with Gasteiger partial charge in [0.15, 0.2) is 0 Å². The SMILES string of the molecule is CC(C(=O)C(F)F)=C(N)Cc1cccc(Cl)c1. The van der Waals surface area contributed by atoms with Crippen LogP contribution in [0.5, 0.6) is 0 Å². The highest BCUT2D eigenvalue weighted by Crippen LogP contribution is 2.15. The van der Waals surface area contributed by atoms with Gasteiger partial charge in [-0.05, 0) is 24.6 Å². The highest BCUT2D eigenvalue weighted by molar-refractivity contribution is 6.30. The second-order valence-corrected chi connectivity index (χ2v) is 4.06. The molecule has 0 heterocycles. The third kappa shape index (κ3) is 3.82. The fourth-order valence-corrected chi connectivity index (χ4v) is 1.53. The van der Waals surface area contributed by atoms with Crippen molar-refractivity contribution in [3.8, 4) is 0 Å². The Morgan fingerprint density at radius 1 is 1.47 bits per heavy atom. The number of carbonyl (C=O) groups is 1. The van der Waals surface area contributed by atoms with Crippen LogP contribution in [0.2, 0.25) is 5.02 Å². The fraction of sp³-hybridized carbons (Fsp3) is 0.250. The van der Waals surface area contributed by atoms with Crippen LogP contribution in [-0.4, -0.2) is 12.2 Å². The van der Waals surface area contributed by atoms with Gasteiger partial charge < -0.3 is 5.73 Å². The van der Waals surface area contributed by atoms with E-state index in [0.717, 1.165) is 5.56 Å². The predicted octanol–water partition coefficient (Wildman–Crippen LogP) is 2.95. The molecule has 0 amide bonds. The fourth-order valence-electron chi connectivity index (χ4n) is 1.32. The molecule has 0 aliphatic carbocycles. The molecular formula is C12H12ClF2NO. The van der Waals surface area contributed by atoms with Gasteiger partial charge in [0.05, 0.1) is 0 Å². The van der Waals surface area contributed by atoms with Crippen molar-refractivity contribution in [1.29, 1.82) is 0 Å². The van der Waals surface area contributed by atoms with E-state index in [2.05, 4.69) is 0 Å². The summed E-state index contributed by atoms with van der Waals surface area (Å²) in [7, 11) is 0. The number of nitrogens with two attached hydrogens (primary N) is 1. The molecule has 0 unspecified atom stereocenters. The molecule has 17 heavy (non-hydrogen) atoms. The Labute approximate surface area is 103 Å². The maximum absolute atomic E-state index is 12.2.